The number of allylic oxidation sites excluding steroid dienone is 2. The quantitative estimate of drug-likeness (QED) is 0.133. The fraction of sp³-hybridized carbons (Fsp3) is 0.800. The highest BCUT2D eigenvalue weighted by Gasteiger charge is 2.18. The van der Waals surface area contributed by atoms with Gasteiger partial charge in [0.25, 0.3) is 0 Å². The van der Waals surface area contributed by atoms with Gasteiger partial charge in [0.2, 0.25) is 0 Å². The lowest BCUT2D eigenvalue weighted by atomic mass is 9.99. The van der Waals surface area contributed by atoms with Gasteiger partial charge in [0.05, 0.1) is 6.04 Å². The van der Waals surface area contributed by atoms with E-state index >= 15 is 0 Å². The molecule has 2 N–H and O–H groups in total. The van der Waals surface area contributed by atoms with E-state index < -0.39 is 0 Å². The number of aromatic nitrogens is 1. The number of aromatic hydroxyl groups is 2. The Morgan fingerprint density at radius 1 is 0.667 bits per heavy atom. The van der Waals surface area contributed by atoms with Gasteiger partial charge >= 0.3 is 0 Å². The SMILES string of the molecule is CCC=C(C)C(CCCCCCCCCCCCCCCCCCCC)n1c(O)ccc1O. The monoisotopic (exact) mass is 461 g/mol. The second-order valence-electron chi connectivity index (χ2n) is 10.1. The van der Waals surface area contributed by atoms with E-state index in [1.54, 1.807) is 16.7 Å². The molecule has 3 heteroatoms. The Morgan fingerprint density at radius 3 is 1.39 bits per heavy atom. The summed E-state index contributed by atoms with van der Waals surface area (Å²) in [6, 6.07) is 3.22. The number of nitrogens with zero attached hydrogens (tertiary/aromatic N) is 1. The highest BCUT2D eigenvalue weighted by Crippen LogP contribution is 2.34. The topological polar surface area (TPSA) is 45.4 Å². The minimum atomic E-state index is 0.0565. The van der Waals surface area contributed by atoms with E-state index in [0.717, 1.165) is 19.3 Å². The van der Waals surface area contributed by atoms with Crippen LogP contribution in [0.2, 0.25) is 0 Å². The van der Waals surface area contributed by atoms with Crippen molar-refractivity contribution >= 4 is 0 Å². The minimum Gasteiger partial charge on any atom is -0.494 e. The molecule has 33 heavy (non-hydrogen) atoms. The Kier molecular flexibility index (Phi) is 18.0. The maximum absolute atomic E-state index is 10.1. The molecule has 0 saturated heterocycles. The van der Waals surface area contributed by atoms with Gasteiger partial charge in [-0.2, -0.15) is 0 Å². The molecule has 0 fully saturated rings. The van der Waals surface area contributed by atoms with Crippen LogP contribution in [0.15, 0.2) is 23.8 Å². The first-order valence-corrected chi connectivity index (χ1v) is 14.4. The van der Waals surface area contributed by atoms with Crippen LogP contribution in [0.1, 0.15) is 155 Å². The van der Waals surface area contributed by atoms with E-state index in [-0.39, 0.29) is 17.8 Å². The molecular weight excluding hydrogens is 406 g/mol. The summed E-state index contributed by atoms with van der Waals surface area (Å²) >= 11 is 0. The molecule has 192 valence electrons. The van der Waals surface area contributed by atoms with Gasteiger partial charge in [-0.15, -0.1) is 0 Å². The van der Waals surface area contributed by atoms with Crippen LogP contribution in [0.25, 0.3) is 0 Å². The van der Waals surface area contributed by atoms with Crippen molar-refractivity contribution in [2.75, 3.05) is 0 Å². The second kappa shape index (κ2) is 20.0. The van der Waals surface area contributed by atoms with E-state index in [1.807, 2.05) is 0 Å². The van der Waals surface area contributed by atoms with Crippen molar-refractivity contribution in [3.8, 4) is 11.8 Å². The Bertz CT molecular complexity index is 585. The molecule has 1 rings (SSSR count). The van der Waals surface area contributed by atoms with E-state index in [0.29, 0.717) is 0 Å². The lowest BCUT2D eigenvalue weighted by molar-refractivity contribution is 0.336. The highest BCUT2D eigenvalue weighted by atomic mass is 16.3. The number of hydrogen-bond donors (Lipinski definition) is 2. The number of unbranched alkanes of at least 4 members (excludes halogenated alkanes) is 17. The van der Waals surface area contributed by atoms with Crippen molar-refractivity contribution in [1.82, 2.24) is 4.57 Å². The first-order chi connectivity index (χ1) is 16.1. The first kappa shape index (κ1) is 29.7. The molecule has 1 aromatic rings. The molecule has 1 atom stereocenters. The van der Waals surface area contributed by atoms with Crippen LogP contribution in [0.3, 0.4) is 0 Å². The lowest BCUT2D eigenvalue weighted by Gasteiger charge is -2.22. The summed E-state index contributed by atoms with van der Waals surface area (Å²) in [6.07, 6.45) is 29.1. The van der Waals surface area contributed by atoms with Crippen molar-refractivity contribution in [3.63, 3.8) is 0 Å². The summed E-state index contributed by atoms with van der Waals surface area (Å²) in [5.41, 5.74) is 1.23. The van der Waals surface area contributed by atoms with Crippen molar-refractivity contribution in [3.05, 3.63) is 23.8 Å². The predicted octanol–water partition coefficient (Wildman–Crippen LogP) is 10.2. The summed E-state index contributed by atoms with van der Waals surface area (Å²) in [7, 11) is 0. The molecule has 0 spiro atoms. The van der Waals surface area contributed by atoms with Crippen LogP contribution in [-0.2, 0) is 0 Å². The fourth-order valence-electron chi connectivity index (χ4n) is 5.00. The van der Waals surface area contributed by atoms with Crippen molar-refractivity contribution < 1.29 is 10.2 Å². The van der Waals surface area contributed by atoms with Crippen molar-refractivity contribution in [2.45, 2.75) is 155 Å². The van der Waals surface area contributed by atoms with Gasteiger partial charge < -0.3 is 10.2 Å². The third-order valence-corrected chi connectivity index (χ3v) is 7.07. The summed E-state index contributed by atoms with van der Waals surface area (Å²) < 4.78 is 1.68. The summed E-state index contributed by atoms with van der Waals surface area (Å²) in [4.78, 5) is 0. The smallest absolute Gasteiger partial charge is 0.194 e. The van der Waals surface area contributed by atoms with Crippen LogP contribution >= 0.6 is 0 Å². The molecule has 3 nitrogen and oxygen atoms in total. The standard InChI is InChI=1S/C30H55NO2/c1-4-6-7-8-9-10-11-12-13-14-15-16-17-18-19-20-21-22-24-28(27(3)23-5-2)31-29(32)25-26-30(31)33/h23,25-26,28,32-33H,4-22,24H2,1-3H3. The normalized spacial score (nSPS) is 13.0. The van der Waals surface area contributed by atoms with E-state index in [9.17, 15) is 10.2 Å². The molecule has 0 bridgehead atoms. The second-order valence-corrected chi connectivity index (χ2v) is 10.1. The Balaban J connectivity index is 2.00. The van der Waals surface area contributed by atoms with Crippen LogP contribution in [0.4, 0.5) is 0 Å². The average molecular weight is 462 g/mol. The van der Waals surface area contributed by atoms with Gasteiger partial charge in [0.1, 0.15) is 0 Å². The van der Waals surface area contributed by atoms with Gasteiger partial charge in [0.15, 0.2) is 11.8 Å². The Hall–Kier alpha value is -1.38. The van der Waals surface area contributed by atoms with Crippen LogP contribution in [0.5, 0.6) is 11.8 Å². The number of hydrogen-bond acceptors (Lipinski definition) is 2. The molecular formula is C30H55NO2. The van der Waals surface area contributed by atoms with E-state index in [1.165, 1.54) is 115 Å². The third-order valence-electron chi connectivity index (χ3n) is 7.07. The summed E-state index contributed by atoms with van der Waals surface area (Å²) in [5, 5.41) is 20.3. The summed E-state index contributed by atoms with van der Waals surface area (Å²) in [5.74, 6) is 0.313. The average Bonchev–Trinajstić information content (AvgIpc) is 3.13. The lowest BCUT2D eigenvalue weighted by Crippen LogP contribution is -2.10. The van der Waals surface area contributed by atoms with Gasteiger partial charge in [-0.1, -0.05) is 141 Å². The molecule has 1 unspecified atom stereocenters. The Morgan fingerprint density at radius 2 is 1.03 bits per heavy atom. The van der Waals surface area contributed by atoms with Crippen molar-refractivity contribution in [1.29, 1.82) is 0 Å². The zero-order valence-corrected chi connectivity index (χ0v) is 22.3. The van der Waals surface area contributed by atoms with Gasteiger partial charge in [0, 0.05) is 12.1 Å². The van der Waals surface area contributed by atoms with Crippen LogP contribution in [0, 0.1) is 0 Å². The molecule has 0 aliphatic rings. The number of rotatable bonds is 22. The molecule has 0 aliphatic carbocycles. The van der Waals surface area contributed by atoms with Gasteiger partial charge in [-0.05, 0) is 19.8 Å². The predicted molar refractivity (Wildman–Crippen MR) is 144 cm³/mol. The van der Waals surface area contributed by atoms with Crippen LogP contribution < -0.4 is 0 Å². The van der Waals surface area contributed by atoms with E-state index in [4.69, 9.17) is 0 Å². The molecule has 1 aromatic heterocycles. The van der Waals surface area contributed by atoms with Gasteiger partial charge in [-0.25, -0.2) is 0 Å². The first-order valence-electron chi connectivity index (χ1n) is 14.4. The van der Waals surface area contributed by atoms with Crippen molar-refractivity contribution in [2.24, 2.45) is 0 Å². The largest absolute Gasteiger partial charge is 0.494 e. The van der Waals surface area contributed by atoms with Crippen LogP contribution in [-0.4, -0.2) is 14.8 Å². The third kappa shape index (κ3) is 13.8. The molecule has 0 aliphatic heterocycles. The van der Waals surface area contributed by atoms with E-state index in [2.05, 4.69) is 26.8 Å². The molecule has 0 saturated carbocycles. The highest BCUT2D eigenvalue weighted by molar-refractivity contribution is 5.27. The molecule has 0 amide bonds. The van der Waals surface area contributed by atoms with Gasteiger partial charge in [-0.3, -0.25) is 4.57 Å². The maximum atomic E-state index is 10.1. The molecule has 1 heterocycles. The maximum Gasteiger partial charge on any atom is 0.194 e. The molecule has 0 radical (unpaired) electrons. The Labute approximate surface area is 205 Å². The zero-order valence-electron chi connectivity index (χ0n) is 22.3. The zero-order chi connectivity index (χ0) is 24.2. The fourth-order valence-corrected chi connectivity index (χ4v) is 5.00. The summed E-state index contributed by atoms with van der Waals surface area (Å²) in [6.45, 7) is 6.53. The molecule has 0 aromatic carbocycles. The minimum absolute atomic E-state index is 0.0565.